The first-order valence-electron chi connectivity index (χ1n) is 7.77. The Morgan fingerprint density at radius 3 is 3.00 bits per heavy atom. The van der Waals surface area contributed by atoms with Gasteiger partial charge >= 0.3 is 0 Å². The van der Waals surface area contributed by atoms with E-state index in [1.807, 2.05) is 13.0 Å². The Balaban J connectivity index is 1.88. The summed E-state index contributed by atoms with van der Waals surface area (Å²) in [5, 5.41) is 12.6. The van der Waals surface area contributed by atoms with E-state index >= 15 is 0 Å². The van der Waals surface area contributed by atoms with Crippen LogP contribution in [0.1, 0.15) is 38.7 Å². The lowest BCUT2D eigenvalue weighted by atomic mass is 9.97. The Morgan fingerprint density at radius 1 is 1.48 bits per heavy atom. The maximum Gasteiger partial charge on any atom is 0.125 e. The molecule has 1 aromatic carbocycles. The van der Waals surface area contributed by atoms with Crippen molar-refractivity contribution in [2.75, 3.05) is 24.5 Å². The van der Waals surface area contributed by atoms with Gasteiger partial charge in [0.15, 0.2) is 0 Å². The van der Waals surface area contributed by atoms with Crippen molar-refractivity contribution in [1.82, 2.24) is 5.32 Å². The number of fused-ring (bicyclic) bond motifs is 1. The molecule has 0 saturated carbocycles. The topological polar surface area (TPSA) is 39.1 Å². The smallest absolute Gasteiger partial charge is 0.125 e. The van der Waals surface area contributed by atoms with Gasteiger partial charge in [-0.15, -0.1) is 0 Å². The molecule has 0 radical (unpaired) electrons. The quantitative estimate of drug-likeness (QED) is 0.837. The highest BCUT2D eigenvalue weighted by Crippen LogP contribution is 2.29. The largest absolute Gasteiger partial charge is 0.371 e. The molecule has 21 heavy (non-hydrogen) atoms. The zero-order valence-corrected chi connectivity index (χ0v) is 13.0. The minimum atomic E-state index is -0.458. The highest BCUT2D eigenvalue weighted by molar-refractivity contribution is 5.58. The summed E-state index contributed by atoms with van der Waals surface area (Å²) in [6.45, 7) is 6.74. The van der Waals surface area contributed by atoms with Crippen LogP contribution in [0.4, 0.5) is 10.1 Å². The Hall–Kier alpha value is -1.60. The van der Waals surface area contributed by atoms with Crippen molar-refractivity contribution in [1.29, 1.82) is 5.26 Å². The molecule has 1 aromatic rings. The lowest BCUT2D eigenvalue weighted by molar-refractivity contribution is 0.408. The molecule has 1 N–H and O–H groups in total. The van der Waals surface area contributed by atoms with Crippen molar-refractivity contribution in [3.05, 3.63) is 29.6 Å². The number of anilines is 1. The molecule has 1 aliphatic heterocycles. The molecule has 0 aliphatic carbocycles. The summed E-state index contributed by atoms with van der Waals surface area (Å²) >= 11 is 0. The first-order valence-corrected chi connectivity index (χ1v) is 7.77. The van der Waals surface area contributed by atoms with Crippen LogP contribution in [0.5, 0.6) is 0 Å². The van der Waals surface area contributed by atoms with Crippen LogP contribution in [-0.2, 0) is 6.42 Å². The molecule has 1 aliphatic rings. The summed E-state index contributed by atoms with van der Waals surface area (Å²) in [4.78, 5) is 2.23. The summed E-state index contributed by atoms with van der Waals surface area (Å²) in [5.41, 5.74) is 1.79. The minimum Gasteiger partial charge on any atom is -0.371 e. The summed E-state index contributed by atoms with van der Waals surface area (Å²) in [6.07, 6.45) is 3.75. The average molecular weight is 289 g/mol. The van der Waals surface area contributed by atoms with Gasteiger partial charge < -0.3 is 4.90 Å². The molecule has 4 heteroatoms. The molecule has 1 atom stereocenters. The Kier molecular flexibility index (Phi) is 5.19. The van der Waals surface area contributed by atoms with Gasteiger partial charge in [-0.25, -0.2) is 4.39 Å². The zero-order valence-electron chi connectivity index (χ0n) is 13.0. The third-order valence-corrected chi connectivity index (χ3v) is 4.16. The molecular weight excluding hydrogens is 265 g/mol. The van der Waals surface area contributed by atoms with Gasteiger partial charge in [0.2, 0.25) is 0 Å². The maximum atomic E-state index is 13.4. The van der Waals surface area contributed by atoms with E-state index in [4.69, 9.17) is 0 Å². The molecule has 1 heterocycles. The van der Waals surface area contributed by atoms with Crippen molar-refractivity contribution >= 4 is 5.69 Å². The summed E-state index contributed by atoms with van der Waals surface area (Å²) in [6, 6.07) is 7.42. The van der Waals surface area contributed by atoms with Crippen LogP contribution in [0.15, 0.2) is 18.2 Å². The van der Waals surface area contributed by atoms with Crippen LogP contribution in [0.3, 0.4) is 0 Å². The average Bonchev–Trinajstić information content (AvgIpc) is 2.88. The number of nitriles is 1. The standard InChI is InChI=1S/C17H24FN3/c1-3-9-20-17(2,13-19)8-4-10-21-11-7-14-5-6-15(18)12-16(14)21/h5-6,12,20H,3-4,7-11H2,1-2H3. The second-order valence-corrected chi connectivity index (χ2v) is 5.98. The zero-order chi connectivity index (χ0) is 15.3. The molecule has 0 fully saturated rings. The molecule has 114 valence electrons. The molecule has 0 aromatic heterocycles. The highest BCUT2D eigenvalue weighted by atomic mass is 19.1. The van der Waals surface area contributed by atoms with Crippen LogP contribution in [0, 0.1) is 17.1 Å². The lowest BCUT2D eigenvalue weighted by Gasteiger charge is -2.25. The van der Waals surface area contributed by atoms with Crippen molar-refractivity contribution in [2.24, 2.45) is 0 Å². The normalized spacial score (nSPS) is 16.4. The molecule has 1 unspecified atom stereocenters. The van der Waals surface area contributed by atoms with E-state index in [1.54, 1.807) is 6.07 Å². The maximum absolute atomic E-state index is 13.4. The summed E-state index contributed by atoms with van der Waals surface area (Å²) < 4.78 is 13.4. The van der Waals surface area contributed by atoms with Gasteiger partial charge in [0.25, 0.3) is 0 Å². The predicted molar refractivity (Wildman–Crippen MR) is 83.9 cm³/mol. The third-order valence-electron chi connectivity index (χ3n) is 4.16. The van der Waals surface area contributed by atoms with E-state index in [9.17, 15) is 9.65 Å². The Labute approximate surface area is 126 Å². The van der Waals surface area contributed by atoms with Crippen LogP contribution in [0.25, 0.3) is 0 Å². The van der Waals surface area contributed by atoms with Gasteiger partial charge in [0.05, 0.1) is 6.07 Å². The minimum absolute atomic E-state index is 0.174. The molecule has 0 spiro atoms. The molecule has 0 amide bonds. The fraction of sp³-hybridized carbons (Fsp3) is 0.588. The van der Waals surface area contributed by atoms with Gasteiger partial charge in [-0.3, -0.25) is 5.32 Å². The first-order chi connectivity index (χ1) is 10.1. The van der Waals surface area contributed by atoms with Crippen LogP contribution >= 0.6 is 0 Å². The van der Waals surface area contributed by atoms with E-state index in [-0.39, 0.29) is 5.82 Å². The second kappa shape index (κ2) is 6.91. The molecule has 2 rings (SSSR count). The van der Waals surface area contributed by atoms with Gasteiger partial charge in [-0.1, -0.05) is 13.0 Å². The summed E-state index contributed by atoms with van der Waals surface area (Å²) in [5.74, 6) is -0.174. The number of hydrogen-bond acceptors (Lipinski definition) is 3. The van der Waals surface area contributed by atoms with Crippen LogP contribution < -0.4 is 10.2 Å². The second-order valence-electron chi connectivity index (χ2n) is 5.98. The Morgan fingerprint density at radius 2 is 2.29 bits per heavy atom. The van der Waals surface area contributed by atoms with E-state index in [0.717, 1.165) is 51.0 Å². The molecule has 0 saturated heterocycles. The Bertz CT molecular complexity index is 523. The van der Waals surface area contributed by atoms with E-state index in [0.29, 0.717) is 0 Å². The lowest BCUT2D eigenvalue weighted by Crippen LogP contribution is -2.42. The molecule has 3 nitrogen and oxygen atoms in total. The van der Waals surface area contributed by atoms with Crippen molar-refractivity contribution in [2.45, 2.75) is 45.1 Å². The van der Waals surface area contributed by atoms with E-state index in [2.05, 4.69) is 23.2 Å². The van der Waals surface area contributed by atoms with Gasteiger partial charge in [-0.2, -0.15) is 5.26 Å². The summed E-state index contributed by atoms with van der Waals surface area (Å²) in [7, 11) is 0. The highest BCUT2D eigenvalue weighted by Gasteiger charge is 2.24. The van der Waals surface area contributed by atoms with Gasteiger partial charge in [0, 0.05) is 18.8 Å². The van der Waals surface area contributed by atoms with Crippen LogP contribution in [0.2, 0.25) is 0 Å². The van der Waals surface area contributed by atoms with E-state index in [1.165, 1.54) is 11.6 Å². The number of rotatable bonds is 7. The number of nitrogens with one attached hydrogen (secondary N) is 1. The number of hydrogen-bond donors (Lipinski definition) is 1. The predicted octanol–water partition coefficient (Wildman–Crippen LogP) is 3.25. The van der Waals surface area contributed by atoms with Crippen molar-refractivity contribution in [3.63, 3.8) is 0 Å². The van der Waals surface area contributed by atoms with Crippen molar-refractivity contribution < 1.29 is 4.39 Å². The fourth-order valence-corrected chi connectivity index (χ4v) is 2.86. The van der Waals surface area contributed by atoms with Gasteiger partial charge in [0.1, 0.15) is 11.4 Å². The van der Waals surface area contributed by atoms with Crippen LogP contribution in [-0.4, -0.2) is 25.2 Å². The fourth-order valence-electron chi connectivity index (χ4n) is 2.86. The molecule has 0 bridgehead atoms. The van der Waals surface area contributed by atoms with E-state index < -0.39 is 5.54 Å². The molecular formula is C17H24FN3. The number of halogens is 1. The SMILES string of the molecule is CCCNC(C)(C#N)CCCN1CCc2ccc(F)cc21. The monoisotopic (exact) mass is 289 g/mol. The first kappa shape index (κ1) is 15.8. The number of benzene rings is 1. The third kappa shape index (κ3) is 3.95. The van der Waals surface area contributed by atoms with Crippen molar-refractivity contribution in [3.8, 4) is 6.07 Å². The van der Waals surface area contributed by atoms with Gasteiger partial charge in [-0.05, 0) is 56.8 Å². The number of nitrogens with zero attached hydrogens (tertiary/aromatic N) is 2.